The van der Waals surface area contributed by atoms with E-state index in [1.807, 2.05) is 0 Å². The van der Waals surface area contributed by atoms with Gasteiger partial charge in [-0.25, -0.2) is 0 Å². The lowest BCUT2D eigenvalue weighted by Crippen LogP contribution is -2.11. The lowest BCUT2D eigenvalue weighted by molar-refractivity contribution is -0.133. The summed E-state index contributed by atoms with van der Waals surface area (Å²) in [7, 11) is 3.08. The molecule has 1 atom stereocenters. The molecule has 2 aromatic rings. The standard InChI is InChI=1S/C16H14O5/c1-19-9-3-5-13(17)11(7-9)15-12-8-10(20-2)4-6-14(12)21-16(15)18/h3-8,15,17H,1-2H3. The van der Waals surface area contributed by atoms with E-state index in [1.165, 1.54) is 13.2 Å². The van der Waals surface area contributed by atoms with Crippen LogP contribution in [0, 0.1) is 0 Å². The van der Waals surface area contributed by atoms with E-state index in [-0.39, 0.29) is 5.75 Å². The molecule has 1 heterocycles. The topological polar surface area (TPSA) is 65.0 Å². The van der Waals surface area contributed by atoms with Gasteiger partial charge >= 0.3 is 5.97 Å². The van der Waals surface area contributed by atoms with E-state index in [2.05, 4.69) is 0 Å². The number of carbonyl (C=O) groups is 1. The van der Waals surface area contributed by atoms with Crippen LogP contribution in [0.2, 0.25) is 0 Å². The van der Waals surface area contributed by atoms with Gasteiger partial charge in [0.2, 0.25) is 0 Å². The van der Waals surface area contributed by atoms with Crippen LogP contribution < -0.4 is 14.2 Å². The van der Waals surface area contributed by atoms with Gasteiger partial charge in [-0.15, -0.1) is 0 Å². The van der Waals surface area contributed by atoms with E-state index in [9.17, 15) is 9.90 Å². The number of methoxy groups -OCH3 is 2. The largest absolute Gasteiger partial charge is 0.508 e. The molecule has 0 spiro atoms. The summed E-state index contributed by atoms with van der Waals surface area (Å²) in [6.07, 6.45) is 0. The highest BCUT2D eigenvalue weighted by Gasteiger charge is 2.36. The molecular weight excluding hydrogens is 272 g/mol. The van der Waals surface area contributed by atoms with Crippen molar-refractivity contribution in [1.82, 2.24) is 0 Å². The summed E-state index contributed by atoms with van der Waals surface area (Å²) < 4.78 is 15.6. The maximum absolute atomic E-state index is 12.2. The highest BCUT2D eigenvalue weighted by Crippen LogP contribution is 2.44. The van der Waals surface area contributed by atoms with Crippen LogP contribution in [0.5, 0.6) is 23.0 Å². The molecule has 0 bridgehead atoms. The van der Waals surface area contributed by atoms with Gasteiger partial charge in [0.1, 0.15) is 28.9 Å². The lowest BCUT2D eigenvalue weighted by Gasteiger charge is -2.12. The Balaban J connectivity index is 2.14. The zero-order valence-electron chi connectivity index (χ0n) is 11.6. The Morgan fingerprint density at radius 2 is 1.62 bits per heavy atom. The maximum Gasteiger partial charge on any atom is 0.323 e. The van der Waals surface area contributed by atoms with Gasteiger partial charge in [0.05, 0.1) is 14.2 Å². The number of phenols is 1. The summed E-state index contributed by atoms with van der Waals surface area (Å²) in [5, 5.41) is 10.1. The van der Waals surface area contributed by atoms with E-state index in [4.69, 9.17) is 14.2 Å². The average molecular weight is 286 g/mol. The molecule has 1 N–H and O–H groups in total. The molecule has 1 aliphatic rings. The van der Waals surface area contributed by atoms with Crippen LogP contribution in [0.15, 0.2) is 36.4 Å². The molecule has 0 fully saturated rings. The predicted molar refractivity (Wildman–Crippen MR) is 75.1 cm³/mol. The minimum atomic E-state index is -0.690. The Morgan fingerprint density at radius 3 is 2.29 bits per heavy atom. The number of phenolic OH excluding ortho intramolecular Hbond substituents is 1. The Morgan fingerprint density at radius 1 is 1.00 bits per heavy atom. The Bertz CT molecular complexity index is 708. The summed E-state index contributed by atoms with van der Waals surface area (Å²) in [4.78, 5) is 12.2. The second-order valence-electron chi connectivity index (χ2n) is 4.68. The van der Waals surface area contributed by atoms with Crippen LogP contribution >= 0.6 is 0 Å². The van der Waals surface area contributed by atoms with E-state index >= 15 is 0 Å². The number of esters is 1. The van der Waals surface area contributed by atoms with Crippen molar-refractivity contribution in [2.75, 3.05) is 14.2 Å². The Labute approximate surface area is 121 Å². The maximum atomic E-state index is 12.2. The second kappa shape index (κ2) is 5.01. The molecule has 5 heteroatoms. The van der Waals surface area contributed by atoms with Gasteiger partial charge < -0.3 is 19.3 Å². The van der Waals surface area contributed by atoms with Crippen molar-refractivity contribution < 1.29 is 24.1 Å². The smallest absolute Gasteiger partial charge is 0.323 e. The SMILES string of the molecule is COc1ccc(O)c(C2C(=O)Oc3ccc(OC)cc32)c1. The third-order valence-corrected chi connectivity index (χ3v) is 3.52. The molecule has 0 saturated carbocycles. The number of ether oxygens (including phenoxy) is 3. The van der Waals surface area contributed by atoms with Crippen molar-refractivity contribution >= 4 is 5.97 Å². The van der Waals surface area contributed by atoms with Gasteiger partial charge in [-0.3, -0.25) is 4.79 Å². The van der Waals surface area contributed by atoms with Gasteiger partial charge in [-0.05, 0) is 36.4 Å². The highest BCUT2D eigenvalue weighted by atomic mass is 16.5. The summed E-state index contributed by atoms with van der Waals surface area (Å²) in [6.45, 7) is 0. The monoisotopic (exact) mass is 286 g/mol. The summed E-state index contributed by atoms with van der Waals surface area (Å²) in [5.41, 5.74) is 1.12. The second-order valence-corrected chi connectivity index (χ2v) is 4.68. The van der Waals surface area contributed by atoms with Gasteiger partial charge in [-0.2, -0.15) is 0 Å². The molecule has 0 amide bonds. The van der Waals surface area contributed by atoms with Gasteiger partial charge in [0.15, 0.2) is 0 Å². The minimum Gasteiger partial charge on any atom is -0.508 e. The van der Waals surface area contributed by atoms with Crippen LogP contribution in [0.25, 0.3) is 0 Å². The molecule has 0 radical (unpaired) electrons. The molecule has 3 rings (SSSR count). The first-order valence-corrected chi connectivity index (χ1v) is 6.40. The molecule has 1 aliphatic heterocycles. The van der Waals surface area contributed by atoms with Gasteiger partial charge in [-0.1, -0.05) is 0 Å². The Kier molecular flexibility index (Phi) is 3.17. The zero-order chi connectivity index (χ0) is 15.0. The molecule has 1 unspecified atom stereocenters. The van der Waals surface area contributed by atoms with E-state index in [0.29, 0.717) is 28.4 Å². The molecule has 0 aromatic heterocycles. The van der Waals surface area contributed by atoms with Crippen molar-refractivity contribution in [3.8, 4) is 23.0 Å². The van der Waals surface area contributed by atoms with Gasteiger partial charge in [0, 0.05) is 11.1 Å². The van der Waals surface area contributed by atoms with Crippen molar-refractivity contribution in [1.29, 1.82) is 0 Å². The number of benzene rings is 2. The fourth-order valence-electron chi connectivity index (χ4n) is 2.45. The normalized spacial score (nSPS) is 16.3. The van der Waals surface area contributed by atoms with Crippen molar-refractivity contribution in [3.05, 3.63) is 47.5 Å². The number of hydrogen-bond acceptors (Lipinski definition) is 5. The van der Waals surface area contributed by atoms with Crippen molar-refractivity contribution in [2.45, 2.75) is 5.92 Å². The van der Waals surface area contributed by atoms with Crippen LogP contribution in [-0.2, 0) is 4.79 Å². The first-order valence-electron chi connectivity index (χ1n) is 6.40. The number of carbonyl (C=O) groups excluding carboxylic acids is 1. The molecule has 2 aromatic carbocycles. The first-order chi connectivity index (χ1) is 10.1. The van der Waals surface area contributed by atoms with Crippen LogP contribution in [0.4, 0.5) is 0 Å². The van der Waals surface area contributed by atoms with Crippen molar-refractivity contribution in [2.24, 2.45) is 0 Å². The molecule has 108 valence electrons. The average Bonchev–Trinajstić information content (AvgIpc) is 2.82. The summed E-state index contributed by atoms with van der Waals surface area (Å²) >= 11 is 0. The van der Waals surface area contributed by atoms with Crippen molar-refractivity contribution in [3.63, 3.8) is 0 Å². The van der Waals surface area contributed by atoms with E-state index < -0.39 is 11.9 Å². The quantitative estimate of drug-likeness (QED) is 0.693. The molecule has 0 saturated heterocycles. The van der Waals surface area contributed by atoms with E-state index in [1.54, 1.807) is 37.4 Å². The van der Waals surface area contributed by atoms with Gasteiger partial charge in [0.25, 0.3) is 0 Å². The number of aromatic hydroxyl groups is 1. The van der Waals surface area contributed by atoms with Crippen LogP contribution in [0.3, 0.4) is 0 Å². The van der Waals surface area contributed by atoms with E-state index in [0.717, 1.165) is 0 Å². The molecule has 21 heavy (non-hydrogen) atoms. The lowest BCUT2D eigenvalue weighted by atomic mass is 9.91. The first kappa shape index (κ1) is 13.3. The minimum absolute atomic E-state index is 0.0217. The Hall–Kier alpha value is -2.69. The predicted octanol–water partition coefficient (Wildman–Crippen LogP) is 2.46. The molecular formula is C16H14O5. The third kappa shape index (κ3) is 2.16. The molecule has 0 aliphatic carbocycles. The number of rotatable bonds is 3. The molecule has 5 nitrogen and oxygen atoms in total. The fraction of sp³-hybridized carbons (Fsp3) is 0.188. The highest BCUT2D eigenvalue weighted by molar-refractivity contribution is 5.90. The third-order valence-electron chi connectivity index (χ3n) is 3.52. The zero-order valence-corrected chi connectivity index (χ0v) is 11.6. The summed E-state index contributed by atoms with van der Waals surface area (Å²) in [6, 6.07) is 9.91. The van der Waals surface area contributed by atoms with Crippen LogP contribution in [0.1, 0.15) is 17.0 Å². The fourth-order valence-corrected chi connectivity index (χ4v) is 2.45. The number of fused-ring (bicyclic) bond motifs is 1. The number of hydrogen-bond donors (Lipinski definition) is 1. The van der Waals surface area contributed by atoms with Crippen LogP contribution in [-0.4, -0.2) is 25.3 Å². The summed E-state index contributed by atoms with van der Waals surface area (Å²) in [5.74, 6) is 0.569.